The molecule has 2 N–H and O–H groups in total. The smallest absolute Gasteiger partial charge is 0.227 e. The van der Waals surface area contributed by atoms with Gasteiger partial charge in [0.25, 0.3) is 0 Å². The third kappa shape index (κ3) is 2.32. The largest absolute Gasteiger partial charge is 0.436 e. The van der Waals surface area contributed by atoms with Crippen LogP contribution in [0.15, 0.2) is 40.8 Å². The van der Waals surface area contributed by atoms with Gasteiger partial charge in [-0.2, -0.15) is 0 Å². The Morgan fingerprint density at radius 2 is 1.89 bits per heavy atom. The third-order valence-corrected chi connectivity index (χ3v) is 3.59. The fourth-order valence-electron chi connectivity index (χ4n) is 1.85. The van der Waals surface area contributed by atoms with Crippen LogP contribution in [0.5, 0.6) is 0 Å². The minimum absolute atomic E-state index is 0.471. The summed E-state index contributed by atoms with van der Waals surface area (Å²) < 4.78 is 5.72. The fourth-order valence-corrected chi connectivity index (χ4v) is 2.15. The van der Waals surface area contributed by atoms with Gasteiger partial charge in [0.1, 0.15) is 5.52 Å². The standard InChI is InChI=1S/C14H10Cl2N2O/c15-10-3-2-9(6-11(10)16)14-18-12-4-1-8(7-17)5-13(12)19-14/h1-6H,7,17H2. The van der Waals surface area contributed by atoms with Crippen molar-refractivity contribution < 1.29 is 4.42 Å². The lowest BCUT2D eigenvalue weighted by Gasteiger charge is -1.98. The maximum absolute atomic E-state index is 5.99. The number of nitrogens with zero attached hydrogens (tertiary/aromatic N) is 1. The maximum Gasteiger partial charge on any atom is 0.227 e. The summed E-state index contributed by atoms with van der Waals surface area (Å²) in [4.78, 5) is 4.42. The van der Waals surface area contributed by atoms with Crippen molar-refractivity contribution in [3.05, 3.63) is 52.0 Å². The van der Waals surface area contributed by atoms with Crippen molar-refractivity contribution >= 4 is 34.3 Å². The Bertz CT molecular complexity index is 752. The Labute approximate surface area is 119 Å². The Morgan fingerprint density at radius 1 is 1.05 bits per heavy atom. The summed E-state index contributed by atoms with van der Waals surface area (Å²) in [6.07, 6.45) is 0. The van der Waals surface area contributed by atoms with Crippen LogP contribution in [0, 0.1) is 0 Å². The van der Waals surface area contributed by atoms with Crippen LogP contribution in [0.2, 0.25) is 10.0 Å². The van der Waals surface area contributed by atoms with Gasteiger partial charge in [-0.15, -0.1) is 0 Å². The SMILES string of the molecule is NCc1ccc2nc(-c3ccc(Cl)c(Cl)c3)oc2c1. The number of benzene rings is 2. The van der Waals surface area contributed by atoms with Gasteiger partial charge in [-0.3, -0.25) is 0 Å². The van der Waals surface area contributed by atoms with Gasteiger partial charge in [0.15, 0.2) is 5.58 Å². The number of rotatable bonds is 2. The van der Waals surface area contributed by atoms with E-state index in [1.807, 2.05) is 24.3 Å². The summed E-state index contributed by atoms with van der Waals surface area (Å²) in [6.45, 7) is 0.471. The van der Waals surface area contributed by atoms with Crippen molar-refractivity contribution in [2.75, 3.05) is 0 Å². The molecule has 0 amide bonds. The van der Waals surface area contributed by atoms with Crippen molar-refractivity contribution in [1.29, 1.82) is 0 Å². The molecule has 2 aromatic carbocycles. The lowest BCUT2D eigenvalue weighted by Crippen LogP contribution is -1.94. The van der Waals surface area contributed by atoms with Crippen LogP contribution in [0.3, 0.4) is 0 Å². The van der Waals surface area contributed by atoms with E-state index >= 15 is 0 Å². The molecule has 3 nitrogen and oxygen atoms in total. The summed E-state index contributed by atoms with van der Waals surface area (Å²) in [5.41, 5.74) is 8.90. The number of hydrogen-bond donors (Lipinski definition) is 1. The predicted octanol–water partition coefficient (Wildman–Crippen LogP) is 4.26. The minimum Gasteiger partial charge on any atom is -0.436 e. The molecule has 0 bridgehead atoms. The highest BCUT2D eigenvalue weighted by molar-refractivity contribution is 6.42. The van der Waals surface area contributed by atoms with E-state index in [4.69, 9.17) is 33.4 Å². The molecule has 3 aromatic rings. The zero-order valence-corrected chi connectivity index (χ0v) is 11.4. The van der Waals surface area contributed by atoms with Crippen LogP contribution in [0.1, 0.15) is 5.56 Å². The zero-order valence-electron chi connectivity index (χ0n) is 9.86. The van der Waals surface area contributed by atoms with E-state index < -0.39 is 0 Å². The van der Waals surface area contributed by atoms with Gasteiger partial charge in [-0.1, -0.05) is 29.3 Å². The van der Waals surface area contributed by atoms with Gasteiger partial charge in [0.2, 0.25) is 5.89 Å². The number of oxazole rings is 1. The second-order valence-electron chi connectivity index (χ2n) is 4.15. The van der Waals surface area contributed by atoms with Crippen molar-refractivity contribution in [3.63, 3.8) is 0 Å². The average Bonchev–Trinajstić information content (AvgIpc) is 2.84. The van der Waals surface area contributed by atoms with Gasteiger partial charge < -0.3 is 10.2 Å². The fraction of sp³-hybridized carbons (Fsp3) is 0.0714. The Morgan fingerprint density at radius 3 is 2.63 bits per heavy atom. The first kappa shape index (κ1) is 12.5. The molecule has 0 atom stereocenters. The molecule has 0 radical (unpaired) electrons. The second kappa shape index (κ2) is 4.85. The number of aromatic nitrogens is 1. The summed E-state index contributed by atoms with van der Waals surface area (Å²) in [5, 5.41) is 0.982. The first-order valence-corrected chi connectivity index (χ1v) is 6.48. The molecule has 5 heteroatoms. The lowest BCUT2D eigenvalue weighted by atomic mass is 10.2. The normalized spacial score (nSPS) is 11.1. The highest BCUT2D eigenvalue weighted by Gasteiger charge is 2.10. The minimum atomic E-state index is 0.471. The number of nitrogens with two attached hydrogens (primary N) is 1. The van der Waals surface area contributed by atoms with Crippen LogP contribution in [0.25, 0.3) is 22.6 Å². The predicted molar refractivity (Wildman–Crippen MR) is 77.4 cm³/mol. The molecular formula is C14H10Cl2N2O. The van der Waals surface area contributed by atoms with Crippen molar-refractivity contribution in [2.45, 2.75) is 6.54 Å². The summed E-state index contributed by atoms with van der Waals surface area (Å²) in [5.74, 6) is 0.516. The zero-order chi connectivity index (χ0) is 13.4. The Balaban J connectivity index is 2.11. The van der Waals surface area contributed by atoms with Crippen LogP contribution in [-0.4, -0.2) is 4.98 Å². The molecule has 96 valence electrons. The molecule has 0 unspecified atom stereocenters. The van der Waals surface area contributed by atoms with Gasteiger partial charge in [0, 0.05) is 12.1 Å². The van der Waals surface area contributed by atoms with Crippen LogP contribution in [-0.2, 0) is 6.54 Å². The Kier molecular flexibility index (Phi) is 3.19. The van der Waals surface area contributed by atoms with E-state index in [9.17, 15) is 0 Å². The molecule has 0 aliphatic rings. The quantitative estimate of drug-likeness (QED) is 0.768. The van der Waals surface area contributed by atoms with Crippen LogP contribution < -0.4 is 5.73 Å². The number of halogens is 2. The summed E-state index contributed by atoms with van der Waals surface area (Å²) >= 11 is 11.9. The van der Waals surface area contributed by atoms with Gasteiger partial charge in [-0.25, -0.2) is 4.98 Å². The first-order chi connectivity index (χ1) is 9.17. The summed E-state index contributed by atoms with van der Waals surface area (Å²) in [6, 6.07) is 11.0. The molecule has 0 aliphatic carbocycles. The molecule has 0 fully saturated rings. The van der Waals surface area contributed by atoms with Crippen molar-refractivity contribution in [1.82, 2.24) is 4.98 Å². The van der Waals surface area contributed by atoms with Gasteiger partial charge >= 0.3 is 0 Å². The third-order valence-electron chi connectivity index (χ3n) is 2.86. The van der Waals surface area contributed by atoms with E-state index in [0.29, 0.717) is 28.1 Å². The first-order valence-electron chi connectivity index (χ1n) is 5.72. The monoisotopic (exact) mass is 292 g/mol. The molecule has 0 aliphatic heterocycles. The maximum atomic E-state index is 5.99. The van der Waals surface area contributed by atoms with Crippen LogP contribution >= 0.6 is 23.2 Å². The van der Waals surface area contributed by atoms with Gasteiger partial charge in [-0.05, 0) is 35.9 Å². The molecule has 0 saturated carbocycles. The van der Waals surface area contributed by atoms with Gasteiger partial charge in [0.05, 0.1) is 10.0 Å². The topological polar surface area (TPSA) is 52.0 Å². The van der Waals surface area contributed by atoms with E-state index in [-0.39, 0.29) is 0 Å². The average molecular weight is 293 g/mol. The Hall–Kier alpha value is -1.55. The lowest BCUT2D eigenvalue weighted by molar-refractivity contribution is 0.619. The molecule has 0 saturated heterocycles. The summed E-state index contributed by atoms with van der Waals surface area (Å²) in [7, 11) is 0. The number of fused-ring (bicyclic) bond motifs is 1. The molecule has 0 spiro atoms. The molecular weight excluding hydrogens is 283 g/mol. The molecule has 1 aromatic heterocycles. The van der Waals surface area contributed by atoms with E-state index in [1.165, 1.54) is 0 Å². The van der Waals surface area contributed by atoms with E-state index in [2.05, 4.69) is 4.98 Å². The number of hydrogen-bond acceptors (Lipinski definition) is 3. The second-order valence-corrected chi connectivity index (χ2v) is 4.97. The molecule has 3 rings (SSSR count). The molecule has 1 heterocycles. The van der Waals surface area contributed by atoms with Crippen LogP contribution in [0.4, 0.5) is 0 Å². The molecule has 19 heavy (non-hydrogen) atoms. The van der Waals surface area contributed by atoms with E-state index in [1.54, 1.807) is 12.1 Å². The highest BCUT2D eigenvalue weighted by Crippen LogP contribution is 2.30. The highest BCUT2D eigenvalue weighted by atomic mass is 35.5. The van der Waals surface area contributed by atoms with Crippen molar-refractivity contribution in [3.8, 4) is 11.5 Å². The van der Waals surface area contributed by atoms with E-state index in [0.717, 1.165) is 16.6 Å². The van der Waals surface area contributed by atoms with Crippen molar-refractivity contribution in [2.24, 2.45) is 5.73 Å².